The van der Waals surface area contributed by atoms with E-state index < -0.39 is 62.9 Å². The minimum Gasteiger partial charge on any atom is -0.459 e. The summed E-state index contributed by atoms with van der Waals surface area (Å²) in [6, 6.07) is 9.34. The largest absolute Gasteiger partial charge is 0.459 e. The number of hydrogen-bond acceptors (Lipinski definition) is 11. The average molecular weight is 708 g/mol. The van der Waals surface area contributed by atoms with Gasteiger partial charge in [-0.15, -0.1) is 16.2 Å². The zero-order valence-electron chi connectivity index (χ0n) is 28.7. The van der Waals surface area contributed by atoms with Crippen molar-refractivity contribution in [2.75, 3.05) is 13.1 Å². The van der Waals surface area contributed by atoms with Crippen LogP contribution in [0.4, 0.5) is 9.59 Å². The van der Waals surface area contributed by atoms with E-state index in [1.54, 1.807) is 105 Å². The molecule has 1 aromatic heterocycles. The Morgan fingerprint density at radius 1 is 0.875 bits per heavy atom. The molecule has 264 valence electrons. The number of sulfonamides is 1. The molecule has 48 heavy (non-hydrogen) atoms. The molecule has 3 amide bonds. The summed E-state index contributed by atoms with van der Waals surface area (Å²) in [6.45, 7) is 14.3. The first-order valence-electron chi connectivity index (χ1n) is 14.9. The van der Waals surface area contributed by atoms with Crippen LogP contribution >= 0.6 is 11.3 Å². The summed E-state index contributed by atoms with van der Waals surface area (Å²) in [7, 11) is -4.10. The maximum atomic E-state index is 12.9. The van der Waals surface area contributed by atoms with E-state index in [0.717, 1.165) is 11.3 Å². The first-order valence-corrected chi connectivity index (χ1v) is 17.2. The van der Waals surface area contributed by atoms with E-state index in [2.05, 4.69) is 15.0 Å². The number of aliphatic imine (C=N–C) groups is 1. The van der Waals surface area contributed by atoms with Crippen LogP contribution in [0.15, 0.2) is 58.4 Å². The molecule has 1 heterocycles. The molecular formula is C32H45N5O9S2. The topological polar surface area (TPSA) is 196 Å². The number of thiophene rings is 1. The lowest BCUT2D eigenvalue weighted by molar-refractivity contribution is -0.156. The van der Waals surface area contributed by atoms with Crippen molar-refractivity contribution >= 4 is 57.5 Å². The Hall–Kier alpha value is -4.28. The van der Waals surface area contributed by atoms with Gasteiger partial charge < -0.3 is 25.3 Å². The average Bonchev–Trinajstić information content (AvgIpc) is 3.40. The van der Waals surface area contributed by atoms with Gasteiger partial charge in [-0.3, -0.25) is 9.59 Å². The zero-order valence-corrected chi connectivity index (χ0v) is 30.3. The van der Waals surface area contributed by atoms with Crippen molar-refractivity contribution in [1.29, 1.82) is 0 Å². The fourth-order valence-corrected chi connectivity index (χ4v) is 5.57. The van der Waals surface area contributed by atoms with Crippen molar-refractivity contribution < 1.29 is 41.8 Å². The Bertz CT molecular complexity index is 1590. The van der Waals surface area contributed by atoms with Gasteiger partial charge in [0.25, 0.3) is 5.91 Å². The molecule has 2 rings (SSSR count). The number of benzene rings is 1. The van der Waals surface area contributed by atoms with Gasteiger partial charge in [0.15, 0.2) is 0 Å². The summed E-state index contributed by atoms with van der Waals surface area (Å²) >= 11 is 1.12. The normalized spacial score (nSPS) is 13.5. The molecule has 1 atom stereocenters. The molecule has 0 aliphatic carbocycles. The zero-order chi connectivity index (χ0) is 36.5. The number of carbonyl (C=O) groups is 4. The van der Waals surface area contributed by atoms with Crippen LogP contribution in [0.3, 0.4) is 0 Å². The second kappa shape index (κ2) is 16.2. The van der Waals surface area contributed by atoms with Gasteiger partial charge in [0.2, 0.25) is 16.0 Å². The van der Waals surface area contributed by atoms with Gasteiger partial charge in [0.1, 0.15) is 22.8 Å². The molecule has 0 spiro atoms. The van der Waals surface area contributed by atoms with Crippen molar-refractivity contribution in [3.05, 3.63) is 58.3 Å². The van der Waals surface area contributed by atoms with E-state index in [1.165, 1.54) is 12.1 Å². The van der Waals surface area contributed by atoms with Gasteiger partial charge in [-0.1, -0.05) is 24.3 Å². The molecular weight excluding hydrogens is 663 g/mol. The monoisotopic (exact) mass is 707 g/mol. The lowest BCUT2D eigenvalue weighted by Crippen LogP contribution is -2.50. The number of guanidine groups is 1. The van der Waals surface area contributed by atoms with Crippen LogP contribution < -0.4 is 15.8 Å². The summed E-state index contributed by atoms with van der Waals surface area (Å²) in [5.41, 5.74) is 3.26. The Kier molecular flexibility index (Phi) is 13.5. The predicted molar refractivity (Wildman–Crippen MR) is 183 cm³/mol. The second-order valence-electron chi connectivity index (χ2n) is 13.3. The maximum Gasteiger partial charge on any atom is 0.427 e. The number of esters is 1. The highest BCUT2D eigenvalue weighted by molar-refractivity contribution is 7.89. The quantitative estimate of drug-likeness (QED) is 0.135. The van der Waals surface area contributed by atoms with Crippen LogP contribution in [0, 0.1) is 0 Å². The molecule has 0 aliphatic rings. The second-order valence-corrected chi connectivity index (χ2v) is 16.2. The fraction of sp³-hybridized carbons (Fsp3) is 0.469. The molecule has 16 heteroatoms. The molecule has 0 unspecified atom stereocenters. The Balaban J connectivity index is 2.12. The predicted octanol–water partition coefficient (Wildman–Crippen LogP) is 4.67. The molecule has 0 saturated carbocycles. The molecule has 2 aromatic rings. The van der Waals surface area contributed by atoms with Gasteiger partial charge in [-0.05, 0) is 92.7 Å². The SMILES string of the molecule is CC(C)(C)OC(=O)[C@H](CNC(=O)c1ccc(C=CCN=C(N)N(C(=O)OC(C)(C)C)C(=O)OC(C)(C)C)s1)NS(=O)(=O)c1ccccc1. The summed E-state index contributed by atoms with van der Waals surface area (Å²) in [4.78, 5) is 56.7. The summed E-state index contributed by atoms with van der Waals surface area (Å²) in [5.74, 6) is -1.83. The van der Waals surface area contributed by atoms with Gasteiger partial charge >= 0.3 is 18.2 Å². The molecule has 0 aliphatic heterocycles. The van der Waals surface area contributed by atoms with Crippen LogP contribution in [0.25, 0.3) is 6.08 Å². The Labute approximate surface area is 285 Å². The lowest BCUT2D eigenvalue weighted by Gasteiger charge is -2.27. The number of nitrogens with one attached hydrogen (secondary N) is 2. The number of amides is 3. The van der Waals surface area contributed by atoms with E-state index >= 15 is 0 Å². The van der Waals surface area contributed by atoms with E-state index in [1.807, 2.05) is 0 Å². The number of rotatable bonds is 10. The number of hydrogen-bond donors (Lipinski definition) is 3. The molecule has 14 nitrogen and oxygen atoms in total. The number of nitrogens with zero attached hydrogens (tertiary/aromatic N) is 2. The molecule has 4 N–H and O–H groups in total. The molecule has 0 fully saturated rings. The third kappa shape index (κ3) is 13.8. The van der Waals surface area contributed by atoms with E-state index in [9.17, 15) is 27.6 Å². The van der Waals surface area contributed by atoms with Crippen molar-refractivity contribution in [3.8, 4) is 0 Å². The van der Waals surface area contributed by atoms with Crippen LogP contribution in [-0.4, -0.2) is 79.3 Å². The minimum atomic E-state index is -4.10. The first kappa shape index (κ1) is 39.9. The van der Waals surface area contributed by atoms with Crippen LogP contribution in [0.2, 0.25) is 0 Å². The van der Waals surface area contributed by atoms with Gasteiger partial charge in [-0.2, -0.15) is 4.72 Å². The first-order chi connectivity index (χ1) is 22.0. The van der Waals surface area contributed by atoms with Crippen LogP contribution in [0.5, 0.6) is 0 Å². The molecule has 1 aromatic carbocycles. The molecule has 0 radical (unpaired) electrons. The standard InChI is InChI=1S/C32H45N5O9S2/c1-30(2,3)44-26(39)23(36-48(42,43)22-15-11-10-12-16-22)20-35-25(38)24-18-17-21(47-24)14-13-19-34-27(33)37(28(40)45-31(4,5)6)29(41)46-32(7,8)9/h10-18,23,36H,19-20H2,1-9H3,(H2,33,34)(H,35,38)/t23-/m0/s1. The number of ether oxygens (including phenoxy) is 3. The highest BCUT2D eigenvalue weighted by Crippen LogP contribution is 2.19. The van der Waals surface area contributed by atoms with Crippen LogP contribution in [0.1, 0.15) is 76.9 Å². The number of nitrogens with two attached hydrogens (primary N) is 1. The van der Waals surface area contributed by atoms with Gasteiger partial charge in [0.05, 0.1) is 16.3 Å². The van der Waals surface area contributed by atoms with Crippen molar-refractivity contribution in [2.45, 2.75) is 90.1 Å². The molecule has 0 bridgehead atoms. The highest BCUT2D eigenvalue weighted by atomic mass is 32.2. The highest BCUT2D eigenvalue weighted by Gasteiger charge is 2.34. The maximum absolute atomic E-state index is 12.9. The Morgan fingerprint density at radius 2 is 1.42 bits per heavy atom. The fourth-order valence-electron chi connectivity index (χ4n) is 3.51. The molecule has 0 saturated heterocycles. The third-order valence-electron chi connectivity index (χ3n) is 5.38. The summed E-state index contributed by atoms with van der Waals surface area (Å²) < 4.78 is 44.1. The number of imide groups is 1. The smallest absolute Gasteiger partial charge is 0.427 e. The third-order valence-corrected chi connectivity index (χ3v) is 7.92. The van der Waals surface area contributed by atoms with Crippen molar-refractivity contribution in [3.63, 3.8) is 0 Å². The number of carbonyl (C=O) groups excluding carboxylic acids is 4. The minimum absolute atomic E-state index is 0.0352. The van der Waals surface area contributed by atoms with E-state index in [-0.39, 0.29) is 22.9 Å². The summed E-state index contributed by atoms with van der Waals surface area (Å²) in [6.07, 6.45) is 1.16. The lowest BCUT2D eigenvalue weighted by atomic mass is 10.2. The van der Waals surface area contributed by atoms with Gasteiger partial charge in [-0.25, -0.2) is 23.0 Å². The van der Waals surface area contributed by atoms with E-state index in [4.69, 9.17) is 19.9 Å². The van der Waals surface area contributed by atoms with E-state index in [0.29, 0.717) is 9.78 Å². The summed E-state index contributed by atoms with van der Waals surface area (Å²) in [5, 5.41) is 2.59. The van der Waals surface area contributed by atoms with Crippen LogP contribution in [-0.2, 0) is 29.0 Å². The van der Waals surface area contributed by atoms with Gasteiger partial charge in [0, 0.05) is 11.4 Å². The Morgan fingerprint density at radius 3 is 1.94 bits per heavy atom. The van der Waals surface area contributed by atoms with Crippen molar-refractivity contribution in [2.24, 2.45) is 10.7 Å². The van der Waals surface area contributed by atoms with Crippen molar-refractivity contribution in [1.82, 2.24) is 14.9 Å².